The molecule has 4 amide bonds. The second-order valence-electron chi connectivity index (χ2n) is 10.3. The Morgan fingerprint density at radius 1 is 1.06 bits per heavy atom. The third kappa shape index (κ3) is 6.35. The van der Waals surface area contributed by atoms with Crippen LogP contribution < -0.4 is 15.5 Å². The van der Waals surface area contributed by atoms with Crippen molar-refractivity contribution in [2.45, 2.75) is 57.9 Å². The summed E-state index contributed by atoms with van der Waals surface area (Å²) in [4.78, 5) is 43.9. The molecule has 0 radical (unpaired) electrons. The molecule has 8 nitrogen and oxygen atoms in total. The summed E-state index contributed by atoms with van der Waals surface area (Å²) in [6, 6.07) is 6.34. The number of rotatable bonds is 10. The number of unbranched alkanes of at least 4 members (excludes halogenated alkanes) is 2. The molecule has 2 heterocycles. The van der Waals surface area contributed by atoms with Crippen LogP contribution in [0.5, 0.6) is 0 Å². The van der Waals surface area contributed by atoms with Crippen LogP contribution in [0.1, 0.15) is 51.9 Å². The molecule has 1 aliphatic carbocycles. The maximum atomic E-state index is 14.0. The molecule has 3 fully saturated rings. The van der Waals surface area contributed by atoms with Crippen LogP contribution in [-0.2, 0) is 9.59 Å². The number of para-hydroxylation sites is 1. The third-order valence-electron chi connectivity index (χ3n) is 7.86. The number of nitrogens with zero attached hydrogens (tertiary/aromatic N) is 3. The number of benzene rings is 1. The average molecular weight is 502 g/mol. The first kappa shape index (κ1) is 26.4. The number of amides is 4. The molecule has 1 aromatic carbocycles. The van der Waals surface area contributed by atoms with Gasteiger partial charge in [0.1, 0.15) is 5.82 Å². The van der Waals surface area contributed by atoms with Gasteiger partial charge in [-0.05, 0) is 50.8 Å². The lowest BCUT2D eigenvalue weighted by atomic mass is 9.76. The Kier molecular flexibility index (Phi) is 9.18. The van der Waals surface area contributed by atoms with Crippen LogP contribution in [0.3, 0.4) is 0 Å². The van der Waals surface area contributed by atoms with Crippen molar-refractivity contribution in [1.29, 1.82) is 0 Å². The van der Waals surface area contributed by atoms with Crippen LogP contribution in [0, 0.1) is 17.7 Å². The van der Waals surface area contributed by atoms with Gasteiger partial charge < -0.3 is 15.5 Å². The Labute approximate surface area is 213 Å². The van der Waals surface area contributed by atoms with Crippen molar-refractivity contribution < 1.29 is 18.8 Å². The number of anilines is 1. The highest BCUT2D eigenvalue weighted by Gasteiger charge is 2.45. The SMILES string of the molecule is CCCCCN1C(=O)NC2CC(C(=O)NCCCN3CCN(c4ccccc4F)CC3)CCC2C1=O. The van der Waals surface area contributed by atoms with Crippen LogP contribution in [0.25, 0.3) is 0 Å². The highest BCUT2D eigenvalue weighted by molar-refractivity contribution is 5.99. The smallest absolute Gasteiger partial charge is 0.324 e. The van der Waals surface area contributed by atoms with Crippen LogP contribution in [0.2, 0.25) is 0 Å². The minimum atomic E-state index is -0.312. The molecule has 4 rings (SSSR count). The summed E-state index contributed by atoms with van der Waals surface area (Å²) in [5, 5.41) is 6.05. The van der Waals surface area contributed by atoms with Gasteiger partial charge in [-0.2, -0.15) is 0 Å². The molecule has 2 aliphatic heterocycles. The number of halogens is 1. The second-order valence-corrected chi connectivity index (χ2v) is 10.3. The van der Waals surface area contributed by atoms with Crippen molar-refractivity contribution in [2.75, 3.05) is 50.7 Å². The molecule has 3 aliphatic rings. The number of piperazine rings is 1. The molecule has 0 aromatic heterocycles. The molecular formula is C27H40FN5O3. The van der Waals surface area contributed by atoms with E-state index in [1.165, 1.54) is 11.0 Å². The van der Waals surface area contributed by atoms with E-state index in [1.807, 2.05) is 12.1 Å². The topological polar surface area (TPSA) is 85.0 Å². The summed E-state index contributed by atoms with van der Waals surface area (Å²) in [6.45, 7) is 7.39. The number of hydrogen-bond acceptors (Lipinski definition) is 5. The Balaban J connectivity index is 1.14. The molecule has 198 valence electrons. The maximum absolute atomic E-state index is 14.0. The first-order valence-electron chi connectivity index (χ1n) is 13.6. The fourth-order valence-electron chi connectivity index (χ4n) is 5.71. The highest BCUT2D eigenvalue weighted by atomic mass is 19.1. The van der Waals surface area contributed by atoms with E-state index in [9.17, 15) is 18.8 Å². The monoisotopic (exact) mass is 501 g/mol. The number of fused-ring (bicyclic) bond motifs is 1. The van der Waals surface area contributed by atoms with Crippen molar-refractivity contribution in [3.8, 4) is 0 Å². The Bertz CT molecular complexity index is 920. The van der Waals surface area contributed by atoms with E-state index in [4.69, 9.17) is 0 Å². The predicted octanol–water partition coefficient (Wildman–Crippen LogP) is 2.98. The number of urea groups is 1. The summed E-state index contributed by atoms with van der Waals surface area (Å²) in [7, 11) is 0. The zero-order valence-electron chi connectivity index (χ0n) is 21.4. The molecule has 0 bridgehead atoms. The normalized spacial score (nSPS) is 24.9. The van der Waals surface area contributed by atoms with Gasteiger partial charge in [-0.1, -0.05) is 31.9 Å². The number of hydrogen-bond donors (Lipinski definition) is 2. The summed E-state index contributed by atoms with van der Waals surface area (Å²) in [6.07, 6.45) is 5.56. The largest absolute Gasteiger partial charge is 0.367 e. The first-order chi connectivity index (χ1) is 17.5. The lowest BCUT2D eigenvalue weighted by molar-refractivity contribution is -0.139. The van der Waals surface area contributed by atoms with Gasteiger partial charge >= 0.3 is 6.03 Å². The molecule has 9 heteroatoms. The van der Waals surface area contributed by atoms with Crippen LogP contribution in [-0.4, -0.2) is 79.5 Å². The molecule has 3 atom stereocenters. The standard InChI is InChI=1S/C27H40FN5O3/c1-2-3-6-14-33-26(35)21-11-10-20(19-23(21)30-27(33)36)25(34)29-12-7-13-31-15-17-32(18-16-31)24-9-5-4-8-22(24)28/h4-5,8-9,20-21,23H,2-3,6-7,10-19H2,1H3,(H,29,34)(H,30,36). The Morgan fingerprint density at radius 3 is 2.58 bits per heavy atom. The van der Waals surface area contributed by atoms with E-state index in [0.717, 1.165) is 58.4 Å². The second kappa shape index (κ2) is 12.5. The van der Waals surface area contributed by atoms with E-state index in [0.29, 0.717) is 38.0 Å². The maximum Gasteiger partial charge on any atom is 0.324 e. The van der Waals surface area contributed by atoms with Crippen molar-refractivity contribution in [1.82, 2.24) is 20.4 Å². The highest BCUT2D eigenvalue weighted by Crippen LogP contribution is 2.33. The van der Waals surface area contributed by atoms with E-state index in [-0.39, 0.29) is 41.5 Å². The summed E-state index contributed by atoms with van der Waals surface area (Å²) >= 11 is 0. The van der Waals surface area contributed by atoms with E-state index >= 15 is 0 Å². The Hall–Kier alpha value is -2.68. The van der Waals surface area contributed by atoms with Crippen LogP contribution in [0.15, 0.2) is 24.3 Å². The number of carbonyl (C=O) groups excluding carboxylic acids is 3. The van der Waals surface area contributed by atoms with Gasteiger partial charge in [-0.25, -0.2) is 9.18 Å². The summed E-state index contributed by atoms with van der Waals surface area (Å²) < 4.78 is 14.0. The van der Waals surface area contributed by atoms with Gasteiger partial charge in [0, 0.05) is 51.2 Å². The predicted molar refractivity (Wildman–Crippen MR) is 137 cm³/mol. The minimum absolute atomic E-state index is 0.0184. The van der Waals surface area contributed by atoms with Crippen molar-refractivity contribution in [2.24, 2.45) is 11.8 Å². The van der Waals surface area contributed by atoms with E-state index in [1.54, 1.807) is 6.07 Å². The third-order valence-corrected chi connectivity index (χ3v) is 7.86. The summed E-state index contributed by atoms with van der Waals surface area (Å²) in [5.74, 6) is -0.616. The zero-order chi connectivity index (χ0) is 25.5. The van der Waals surface area contributed by atoms with Gasteiger partial charge in [-0.3, -0.25) is 19.4 Å². The molecule has 1 aromatic rings. The van der Waals surface area contributed by atoms with Gasteiger partial charge in [0.2, 0.25) is 11.8 Å². The molecule has 1 saturated carbocycles. The van der Waals surface area contributed by atoms with Gasteiger partial charge in [-0.15, -0.1) is 0 Å². The molecule has 36 heavy (non-hydrogen) atoms. The Morgan fingerprint density at radius 2 is 1.83 bits per heavy atom. The number of carbonyl (C=O) groups is 3. The minimum Gasteiger partial charge on any atom is -0.367 e. The van der Waals surface area contributed by atoms with Crippen molar-refractivity contribution in [3.63, 3.8) is 0 Å². The zero-order valence-corrected chi connectivity index (χ0v) is 21.4. The molecule has 3 unspecified atom stereocenters. The number of imide groups is 1. The average Bonchev–Trinajstić information content (AvgIpc) is 2.89. The summed E-state index contributed by atoms with van der Waals surface area (Å²) in [5.41, 5.74) is 0.666. The molecule has 2 N–H and O–H groups in total. The quantitative estimate of drug-likeness (QED) is 0.482. The van der Waals surface area contributed by atoms with E-state index in [2.05, 4.69) is 27.4 Å². The van der Waals surface area contributed by atoms with Crippen LogP contribution >= 0.6 is 0 Å². The lowest BCUT2D eigenvalue weighted by Gasteiger charge is -2.42. The molecular weight excluding hydrogens is 461 g/mol. The first-order valence-corrected chi connectivity index (χ1v) is 13.6. The van der Waals surface area contributed by atoms with Crippen LogP contribution in [0.4, 0.5) is 14.9 Å². The number of nitrogens with one attached hydrogen (secondary N) is 2. The van der Waals surface area contributed by atoms with Gasteiger partial charge in [0.25, 0.3) is 0 Å². The van der Waals surface area contributed by atoms with Crippen molar-refractivity contribution >= 4 is 23.5 Å². The van der Waals surface area contributed by atoms with E-state index < -0.39 is 0 Å². The fraction of sp³-hybridized carbons (Fsp3) is 0.667. The van der Waals surface area contributed by atoms with Gasteiger partial charge in [0.05, 0.1) is 11.6 Å². The molecule has 2 saturated heterocycles. The van der Waals surface area contributed by atoms with Gasteiger partial charge in [0.15, 0.2) is 0 Å². The fourth-order valence-corrected chi connectivity index (χ4v) is 5.71. The van der Waals surface area contributed by atoms with Crippen molar-refractivity contribution in [3.05, 3.63) is 30.1 Å². The molecule has 0 spiro atoms. The lowest BCUT2D eigenvalue weighted by Crippen LogP contribution is -2.62.